The maximum Gasteiger partial charge on any atom is 0.203 e. The molecule has 0 amide bonds. The number of methoxy groups -OCH3 is 3. The van der Waals surface area contributed by atoms with Crippen LogP contribution in [0.25, 0.3) is 0 Å². The molecule has 0 fully saturated rings. The van der Waals surface area contributed by atoms with E-state index in [1.54, 1.807) is 27.5 Å². The summed E-state index contributed by atoms with van der Waals surface area (Å²) in [7, 11) is 4.73. The van der Waals surface area contributed by atoms with Crippen molar-refractivity contribution in [1.82, 2.24) is 15.7 Å². The van der Waals surface area contributed by atoms with E-state index in [1.807, 2.05) is 37.3 Å². The molecule has 26 heavy (non-hydrogen) atoms. The Balaban J connectivity index is 1.99. The highest BCUT2D eigenvalue weighted by atomic mass is 32.1. The molecule has 0 atom stereocenters. The third kappa shape index (κ3) is 5.06. The first-order valence-corrected chi connectivity index (χ1v) is 8.28. The largest absolute Gasteiger partial charge is 0.493 e. The van der Waals surface area contributed by atoms with Crippen molar-refractivity contribution in [2.24, 2.45) is 5.10 Å². The van der Waals surface area contributed by atoms with Crippen molar-refractivity contribution in [2.75, 3.05) is 21.3 Å². The predicted molar refractivity (Wildman–Crippen MR) is 105 cm³/mol. The summed E-state index contributed by atoms with van der Waals surface area (Å²) in [6, 6.07) is 9.36. The second-order valence-electron chi connectivity index (χ2n) is 5.24. The third-order valence-corrected chi connectivity index (χ3v) is 3.77. The first kappa shape index (κ1) is 19.5. The summed E-state index contributed by atoms with van der Waals surface area (Å²) in [5.74, 6) is 1.73. The van der Waals surface area contributed by atoms with Crippen molar-refractivity contribution >= 4 is 23.0 Å². The lowest BCUT2D eigenvalue weighted by atomic mass is 10.2. The molecule has 0 bridgehead atoms. The molecule has 0 spiro atoms. The molecule has 8 heteroatoms. The van der Waals surface area contributed by atoms with Crippen molar-refractivity contribution in [3.05, 3.63) is 47.8 Å². The molecule has 2 rings (SSSR count). The van der Waals surface area contributed by atoms with E-state index in [2.05, 4.69) is 20.8 Å². The first-order valence-electron chi connectivity index (χ1n) is 7.87. The number of ether oxygens (including phenoxy) is 3. The van der Waals surface area contributed by atoms with E-state index in [0.717, 1.165) is 17.0 Å². The topological polar surface area (TPSA) is 77.0 Å². The zero-order valence-corrected chi connectivity index (χ0v) is 16.0. The van der Waals surface area contributed by atoms with Crippen LogP contribution in [0, 0.1) is 0 Å². The Bertz CT molecular complexity index is 756. The Hall–Kier alpha value is -2.87. The minimum absolute atomic E-state index is 0.397. The molecule has 0 saturated heterocycles. The quantitative estimate of drug-likeness (QED) is 0.438. The van der Waals surface area contributed by atoms with Crippen LogP contribution >= 0.6 is 12.2 Å². The molecule has 0 radical (unpaired) electrons. The monoisotopic (exact) mass is 374 g/mol. The molecule has 2 N–H and O–H groups in total. The maximum absolute atomic E-state index is 5.34. The number of rotatable bonds is 7. The van der Waals surface area contributed by atoms with E-state index in [4.69, 9.17) is 26.4 Å². The number of aromatic nitrogens is 1. The summed E-state index contributed by atoms with van der Waals surface area (Å²) in [5, 5.41) is 7.72. The van der Waals surface area contributed by atoms with Gasteiger partial charge in [0.05, 0.1) is 32.7 Å². The van der Waals surface area contributed by atoms with Gasteiger partial charge in [-0.1, -0.05) is 6.07 Å². The summed E-state index contributed by atoms with van der Waals surface area (Å²) in [4.78, 5) is 4.23. The van der Waals surface area contributed by atoms with Gasteiger partial charge in [-0.15, -0.1) is 0 Å². The molecule has 1 aromatic heterocycles. The molecule has 1 aromatic carbocycles. The summed E-state index contributed by atoms with van der Waals surface area (Å²) in [6.07, 6.45) is 1.72. The van der Waals surface area contributed by atoms with Crippen LogP contribution in [0.4, 0.5) is 0 Å². The van der Waals surface area contributed by atoms with E-state index in [-0.39, 0.29) is 0 Å². The second kappa shape index (κ2) is 9.57. The summed E-state index contributed by atoms with van der Waals surface area (Å²) < 4.78 is 16.0. The Morgan fingerprint density at radius 2 is 1.81 bits per heavy atom. The van der Waals surface area contributed by atoms with E-state index >= 15 is 0 Å². The lowest BCUT2D eigenvalue weighted by Gasteiger charge is -2.15. The number of hydrazone groups is 1. The fourth-order valence-electron chi connectivity index (χ4n) is 2.23. The number of hydrogen-bond donors (Lipinski definition) is 2. The Morgan fingerprint density at radius 3 is 2.35 bits per heavy atom. The molecule has 1 heterocycles. The van der Waals surface area contributed by atoms with Gasteiger partial charge in [-0.05, 0) is 49.0 Å². The average molecular weight is 374 g/mol. The van der Waals surface area contributed by atoms with Gasteiger partial charge in [0.15, 0.2) is 16.6 Å². The first-order chi connectivity index (χ1) is 12.6. The Labute approximate surface area is 158 Å². The number of nitrogens with zero attached hydrogens (tertiary/aromatic N) is 2. The molecular formula is C18H22N4O3S. The number of benzene rings is 1. The van der Waals surface area contributed by atoms with Crippen molar-refractivity contribution in [3.63, 3.8) is 0 Å². The summed E-state index contributed by atoms with van der Waals surface area (Å²) in [6.45, 7) is 2.33. The maximum atomic E-state index is 5.34. The zero-order valence-electron chi connectivity index (χ0n) is 15.2. The Kier molecular flexibility index (Phi) is 7.16. The van der Waals surface area contributed by atoms with Crippen LogP contribution in [0.15, 0.2) is 41.6 Å². The van der Waals surface area contributed by atoms with Crippen LogP contribution in [0.1, 0.15) is 18.2 Å². The standard InChI is InChI=1S/C18H22N4O3S/c1-12(14-7-5-6-8-19-14)21-22-18(26)20-11-13-9-15(23-2)17(25-4)16(10-13)24-3/h5-10H,11H2,1-4H3,(H2,20,22,26)/b21-12+. The number of hydrogen-bond acceptors (Lipinski definition) is 6. The molecule has 0 aliphatic heterocycles. The van der Waals surface area contributed by atoms with Crippen molar-refractivity contribution < 1.29 is 14.2 Å². The SMILES string of the molecule is COc1cc(CNC(=S)N/N=C(\C)c2ccccn2)cc(OC)c1OC. The highest BCUT2D eigenvalue weighted by molar-refractivity contribution is 7.80. The highest BCUT2D eigenvalue weighted by Gasteiger charge is 2.13. The van der Waals surface area contributed by atoms with Gasteiger partial charge in [0.25, 0.3) is 0 Å². The fourth-order valence-corrected chi connectivity index (χ4v) is 2.35. The van der Waals surface area contributed by atoms with Crippen molar-refractivity contribution in [2.45, 2.75) is 13.5 Å². The van der Waals surface area contributed by atoms with Gasteiger partial charge < -0.3 is 19.5 Å². The summed E-state index contributed by atoms with van der Waals surface area (Å²) in [5.41, 5.74) is 5.26. The molecule has 0 unspecified atom stereocenters. The van der Waals surface area contributed by atoms with Crippen LogP contribution in [-0.2, 0) is 6.54 Å². The van der Waals surface area contributed by atoms with Crippen molar-refractivity contribution in [3.8, 4) is 17.2 Å². The minimum atomic E-state index is 0.397. The zero-order chi connectivity index (χ0) is 18.9. The molecule has 2 aromatic rings. The predicted octanol–water partition coefficient (Wildman–Crippen LogP) is 2.50. The van der Waals surface area contributed by atoms with Crippen molar-refractivity contribution in [1.29, 1.82) is 0 Å². The second-order valence-corrected chi connectivity index (χ2v) is 5.65. The van der Waals surface area contributed by atoms with Gasteiger partial charge in [0.2, 0.25) is 5.75 Å². The van der Waals surface area contributed by atoms with E-state index in [1.165, 1.54) is 0 Å². The van der Waals surface area contributed by atoms with Crippen LogP contribution in [-0.4, -0.2) is 37.1 Å². The van der Waals surface area contributed by atoms with Crippen LogP contribution in [0.5, 0.6) is 17.2 Å². The number of thiocarbonyl (C=S) groups is 1. The number of pyridine rings is 1. The van der Waals surface area contributed by atoms with Gasteiger partial charge in [0, 0.05) is 12.7 Å². The Morgan fingerprint density at radius 1 is 1.12 bits per heavy atom. The van der Waals surface area contributed by atoms with Crippen LogP contribution in [0.2, 0.25) is 0 Å². The summed E-state index contributed by atoms with van der Waals surface area (Å²) >= 11 is 5.26. The minimum Gasteiger partial charge on any atom is -0.493 e. The van der Waals surface area contributed by atoms with Gasteiger partial charge in [0.1, 0.15) is 0 Å². The molecule has 138 valence electrons. The molecular weight excluding hydrogens is 352 g/mol. The number of nitrogens with one attached hydrogen (secondary N) is 2. The molecule has 0 aliphatic rings. The van der Waals surface area contributed by atoms with Gasteiger partial charge >= 0.3 is 0 Å². The van der Waals surface area contributed by atoms with Crippen LogP contribution in [0.3, 0.4) is 0 Å². The molecule has 0 saturated carbocycles. The molecule has 7 nitrogen and oxygen atoms in total. The lowest BCUT2D eigenvalue weighted by molar-refractivity contribution is 0.323. The average Bonchev–Trinajstić information content (AvgIpc) is 2.69. The van der Waals surface area contributed by atoms with E-state index in [9.17, 15) is 0 Å². The fraction of sp³-hybridized carbons (Fsp3) is 0.278. The van der Waals surface area contributed by atoms with Gasteiger partial charge in [-0.2, -0.15) is 5.10 Å². The lowest BCUT2D eigenvalue weighted by Crippen LogP contribution is -2.32. The highest BCUT2D eigenvalue weighted by Crippen LogP contribution is 2.38. The van der Waals surface area contributed by atoms with E-state index < -0.39 is 0 Å². The smallest absolute Gasteiger partial charge is 0.203 e. The van der Waals surface area contributed by atoms with E-state index in [0.29, 0.717) is 28.9 Å². The molecule has 0 aliphatic carbocycles. The van der Waals surface area contributed by atoms with Gasteiger partial charge in [-0.3, -0.25) is 10.4 Å². The third-order valence-electron chi connectivity index (χ3n) is 3.54. The van der Waals surface area contributed by atoms with Gasteiger partial charge in [-0.25, -0.2) is 0 Å². The van der Waals surface area contributed by atoms with Crippen LogP contribution < -0.4 is 25.0 Å². The normalized spacial score (nSPS) is 10.8.